The van der Waals surface area contributed by atoms with Gasteiger partial charge in [-0.25, -0.2) is 9.59 Å². The standard InChI is InChI=1S/C11H10N2O6/c14-8-4-13(7(3-12-8)11(17)18)10(16)6-1-2-9(15)19-5-6/h1-2,5,7H,3-4H2,(H,12,14)(H,17,18). The molecule has 8 heteroatoms. The van der Waals surface area contributed by atoms with Gasteiger partial charge in [-0.3, -0.25) is 9.59 Å². The number of nitrogens with one attached hydrogen (secondary N) is 1. The number of amides is 2. The molecule has 1 aliphatic rings. The van der Waals surface area contributed by atoms with E-state index in [2.05, 4.69) is 9.73 Å². The third-order valence-electron chi connectivity index (χ3n) is 2.68. The molecule has 0 radical (unpaired) electrons. The van der Waals surface area contributed by atoms with E-state index in [1.807, 2.05) is 0 Å². The average molecular weight is 266 g/mol. The van der Waals surface area contributed by atoms with E-state index in [9.17, 15) is 19.2 Å². The number of carboxylic acid groups (broad SMARTS) is 1. The predicted molar refractivity (Wildman–Crippen MR) is 60.4 cm³/mol. The Morgan fingerprint density at radius 3 is 2.68 bits per heavy atom. The molecule has 8 nitrogen and oxygen atoms in total. The van der Waals surface area contributed by atoms with Crippen LogP contribution >= 0.6 is 0 Å². The van der Waals surface area contributed by atoms with Crippen LogP contribution in [0.15, 0.2) is 27.6 Å². The molecule has 0 bridgehead atoms. The lowest BCUT2D eigenvalue weighted by molar-refractivity contribution is -0.144. The second-order valence-corrected chi connectivity index (χ2v) is 3.93. The van der Waals surface area contributed by atoms with Crippen LogP contribution in [0.1, 0.15) is 10.4 Å². The number of carbonyl (C=O) groups is 3. The van der Waals surface area contributed by atoms with E-state index in [1.165, 1.54) is 6.07 Å². The summed E-state index contributed by atoms with van der Waals surface area (Å²) in [7, 11) is 0. The van der Waals surface area contributed by atoms with Gasteiger partial charge in [0.15, 0.2) is 0 Å². The van der Waals surface area contributed by atoms with Crippen molar-refractivity contribution in [3.05, 3.63) is 34.4 Å². The van der Waals surface area contributed by atoms with Crippen molar-refractivity contribution in [2.45, 2.75) is 6.04 Å². The third-order valence-corrected chi connectivity index (χ3v) is 2.68. The number of carbonyl (C=O) groups excluding carboxylic acids is 2. The molecule has 19 heavy (non-hydrogen) atoms. The Kier molecular flexibility index (Phi) is 3.32. The number of hydrogen-bond donors (Lipinski definition) is 2. The van der Waals surface area contributed by atoms with E-state index < -0.39 is 29.5 Å². The summed E-state index contributed by atoms with van der Waals surface area (Å²) in [6, 6.07) is 1.13. The molecule has 1 saturated heterocycles. The largest absolute Gasteiger partial charge is 0.480 e. The molecule has 0 spiro atoms. The molecule has 2 heterocycles. The summed E-state index contributed by atoms with van der Waals surface area (Å²) >= 11 is 0. The first-order chi connectivity index (χ1) is 8.99. The minimum Gasteiger partial charge on any atom is -0.480 e. The van der Waals surface area contributed by atoms with Crippen LogP contribution in [-0.4, -0.2) is 46.9 Å². The van der Waals surface area contributed by atoms with E-state index >= 15 is 0 Å². The number of rotatable bonds is 2. The highest BCUT2D eigenvalue weighted by atomic mass is 16.4. The SMILES string of the molecule is O=C1CN(C(=O)c2ccc(=O)oc2)C(C(=O)O)CN1. The zero-order valence-corrected chi connectivity index (χ0v) is 9.66. The highest BCUT2D eigenvalue weighted by Crippen LogP contribution is 2.10. The Morgan fingerprint density at radius 2 is 2.11 bits per heavy atom. The number of carboxylic acids is 1. The Balaban J connectivity index is 2.28. The van der Waals surface area contributed by atoms with E-state index in [-0.39, 0.29) is 18.7 Å². The zero-order chi connectivity index (χ0) is 14.0. The van der Waals surface area contributed by atoms with Crippen molar-refractivity contribution in [3.63, 3.8) is 0 Å². The Hall–Kier alpha value is -2.64. The molecule has 1 aromatic heterocycles. The van der Waals surface area contributed by atoms with Crippen molar-refractivity contribution in [2.24, 2.45) is 0 Å². The van der Waals surface area contributed by atoms with Crippen molar-refractivity contribution >= 4 is 17.8 Å². The monoisotopic (exact) mass is 266 g/mol. The highest BCUT2D eigenvalue weighted by molar-refractivity contribution is 5.99. The van der Waals surface area contributed by atoms with E-state index in [4.69, 9.17) is 5.11 Å². The fourth-order valence-corrected chi connectivity index (χ4v) is 1.72. The summed E-state index contributed by atoms with van der Waals surface area (Å²) in [5, 5.41) is 11.4. The van der Waals surface area contributed by atoms with Gasteiger partial charge in [-0.15, -0.1) is 0 Å². The van der Waals surface area contributed by atoms with Crippen LogP contribution in [0.2, 0.25) is 0 Å². The molecule has 1 unspecified atom stereocenters. The summed E-state index contributed by atoms with van der Waals surface area (Å²) in [6.07, 6.45) is 0.941. The number of piperazine rings is 1. The minimum atomic E-state index is -1.22. The maximum absolute atomic E-state index is 12.1. The molecule has 1 fully saturated rings. The maximum Gasteiger partial charge on any atom is 0.335 e. The molecule has 0 saturated carbocycles. The Morgan fingerprint density at radius 1 is 1.37 bits per heavy atom. The molecule has 2 amide bonds. The summed E-state index contributed by atoms with van der Waals surface area (Å²) in [5.41, 5.74) is -0.608. The van der Waals surface area contributed by atoms with Crippen LogP contribution in [0.25, 0.3) is 0 Å². The first-order valence-electron chi connectivity index (χ1n) is 5.38. The lowest BCUT2D eigenvalue weighted by Crippen LogP contribution is -2.59. The van der Waals surface area contributed by atoms with Crippen LogP contribution < -0.4 is 10.9 Å². The van der Waals surface area contributed by atoms with Crippen molar-refractivity contribution < 1.29 is 23.9 Å². The molecular weight excluding hydrogens is 256 g/mol. The Bertz CT molecular complexity index is 573. The van der Waals surface area contributed by atoms with Gasteiger partial charge in [0.2, 0.25) is 5.91 Å². The van der Waals surface area contributed by atoms with Gasteiger partial charge >= 0.3 is 11.6 Å². The minimum absolute atomic E-state index is 0.0144. The topological polar surface area (TPSA) is 117 Å². The van der Waals surface area contributed by atoms with Crippen molar-refractivity contribution in [3.8, 4) is 0 Å². The lowest BCUT2D eigenvalue weighted by atomic mass is 10.1. The molecular formula is C11H10N2O6. The van der Waals surface area contributed by atoms with Gasteiger partial charge in [0, 0.05) is 12.6 Å². The fraction of sp³-hybridized carbons (Fsp3) is 0.273. The number of nitrogens with zero attached hydrogens (tertiary/aromatic N) is 1. The molecule has 1 aliphatic heterocycles. The molecule has 1 aromatic rings. The third kappa shape index (κ3) is 2.62. The second kappa shape index (κ2) is 4.92. The van der Waals surface area contributed by atoms with E-state index in [0.29, 0.717) is 0 Å². The van der Waals surface area contributed by atoms with Gasteiger partial charge < -0.3 is 19.7 Å². The van der Waals surface area contributed by atoms with Gasteiger partial charge in [0.05, 0.1) is 5.56 Å². The zero-order valence-electron chi connectivity index (χ0n) is 9.66. The summed E-state index contributed by atoms with van der Waals surface area (Å²) in [6.45, 7) is -0.508. The lowest BCUT2D eigenvalue weighted by Gasteiger charge is -2.32. The van der Waals surface area contributed by atoms with E-state index in [0.717, 1.165) is 17.2 Å². The van der Waals surface area contributed by atoms with Gasteiger partial charge in [0.25, 0.3) is 5.91 Å². The van der Waals surface area contributed by atoms with E-state index in [1.54, 1.807) is 0 Å². The highest BCUT2D eigenvalue weighted by Gasteiger charge is 2.35. The predicted octanol–water partition coefficient (Wildman–Crippen LogP) is -1.33. The first-order valence-corrected chi connectivity index (χ1v) is 5.38. The Labute approximate surface area is 106 Å². The van der Waals surface area contributed by atoms with Crippen molar-refractivity contribution in [2.75, 3.05) is 13.1 Å². The fourth-order valence-electron chi connectivity index (χ4n) is 1.72. The summed E-state index contributed by atoms with van der Waals surface area (Å²) < 4.78 is 4.54. The van der Waals surface area contributed by atoms with Crippen LogP contribution in [0.5, 0.6) is 0 Å². The summed E-state index contributed by atoms with van der Waals surface area (Å²) in [4.78, 5) is 46.1. The number of hydrogen-bond acceptors (Lipinski definition) is 5. The van der Waals surface area contributed by atoms with Crippen LogP contribution in [0.4, 0.5) is 0 Å². The smallest absolute Gasteiger partial charge is 0.335 e. The maximum atomic E-state index is 12.1. The van der Waals surface area contributed by atoms with Gasteiger partial charge in [0.1, 0.15) is 18.8 Å². The molecule has 100 valence electrons. The molecule has 1 atom stereocenters. The molecule has 2 N–H and O–H groups in total. The van der Waals surface area contributed by atoms with Crippen molar-refractivity contribution in [1.29, 1.82) is 0 Å². The normalized spacial score (nSPS) is 18.8. The molecule has 0 aliphatic carbocycles. The van der Waals surface area contributed by atoms with Gasteiger partial charge in [-0.1, -0.05) is 0 Å². The van der Waals surface area contributed by atoms with Crippen molar-refractivity contribution in [1.82, 2.24) is 10.2 Å². The summed E-state index contributed by atoms with van der Waals surface area (Å²) in [5.74, 6) is -2.33. The average Bonchev–Trinajstić information content (AvgIpc) is 2.38. The molecule has 0 aromatic carbocycles. The van der Waals surface area contributed by atoms with Gasteiger partial charge in [-0.05, 0) is 6.07 Å². The quantitative estimate of drug-likeness (QED) is 0.684. The second-order valence-electron chi connectivity index (χ2n) is 3.93. The first kappa shape index (κ1) is 12.8. The van der Waals surface area contributed by atoms with Gasteiger partial charge in [-0.2, -0.15) is 0 Å². The number of aliphatic carboxylic acids is 1. The van der Waals surface area contributed by atoms with Crippen LogP contribution in [0.3, 0.4) is 0 Å². The van der Waals surface area contributed by atoms with Crippen LogP contribution in [-0.2, 0) is 9.59 Å². The van der Waals surface area contributed by atoms with Crippen LogP contribution in [0, 0.1) is 0 Å². The molecule has 2 rings (SSSR count).